The molecule has 3 aromatic heterocycles. The molecule has 0 saturated carbocycles. The van der Waals surface area contributed by atoms with Crippen LogP contribution in [-0.2, 0) is 16.2 Å². The van der Waals surface area contributed by atoms with E-state index in [0.29, 0.717) is 0 Å². The molecule has 0 bridgehead atoms. The predicted molar refractivity (Wildman–Crippen MR) is 121 cm³/mol. The van der Waals surface area contributed by atoms with Gasteiger partial charge >= 0.3 is 0 Å². The van der Waals surface area contributed by atoms with Gasteiger partial charge in [-0.05, 0) is 35.4 Å². The smallest absolute Gasteiger partial charge is 0.115 e. The van der Waals surface area contributed by atoms with Gasteiger partial charge in [0, 0.05) is 46.4 Å². The maximum Gasteiger partial charge on any atom is 0.115 e. The molecular weight excluding hydrogens is 368 g/mol. The molecule has 4 heteroatoms. The molecule has 0 radical (unpaired) electrons. The van der Waals surface area contributed by atoms with Crippen LogP contribution in [0.15, 0.2) is 79.6 Å². The summed E-state index contributed by atoms with van der Waals surface area (Å²) in [5.74, 6) is 0. The largest absolute Gasteiger partial charge is 0.265 e. The van der Waals surface area contributed by atoms with Crippen molar-refractivity contribution < 1.29 is 0 Å². The summed E-state index contributed by atoms with van der Waals surface area (Å²) in [7, 11) is 0. The molecule has 0 amide bonds. The Morgan fingerprint density at radius 2 is 1.33 bits per heavy atom. The second-order valence-electron chi connectivity index (χ2n) is 9.09. The molecule has 0 aliphatic carbocycles. The van der Waals surface area contributed by atoms with Crippen LogP contribution in [0.4, 0.5) is 0 Å². The van der Waals surface area contributed by atoms with Crippen LogP contribution in [0, 0.1) is 0 Å². The molecule has 0 spiro atoms. The highest BCUT2D eigenvalue weighted by Gasteiger charge is 2.55. The monoisotopic (exact) mass is 396 g/mol. The molecule has 0 aliphatic heterocycles. The maximum atomic E-state index is 4.77. The molecule has 1 unspecified atom stereocenters. The van der Waals surface area contributed by atoms with E-state index in [9.17, 15) is 0 Å². The van der Waals surface area contributed by atoms with Crippen LogP contribution in [0.2, 0.25) is 0 Å². The molecule has 30 heavy (non-hydrogen) atoms. The first kappa shape index (κ1) is 20.1. The third-order valence-corrected chi connectivity index (χ3v) is 7.30. The van der Waals surface area contributed by atoms with Gasteiger partial charge in [0.2, 0.25) is 0 Å². The van der Waals surface area contributed by atoms with Crippen molar-refractivity contribution in [1.29, 1.82) is 0 Å². The molecule has 152 valence electrons. The van der Waals surface area contributed by atoms with Crippen molar-refractivity contribution in [2.24, 2.45) is 0 Å². The first-order valence-corrected chi connectivity index (χ1v) is 10.3. The highest BCUT2D eigenvalue weighted by Crippen LogP contribution is 2.55. The Morgan fingerprint density at radius 1 is 0.633 bits per heavy atom. The van der Waals surface area contributed by atoms with Gasteiger partial charge in [-0.15, -0.1) is 0 Å². The van der Waals surface area contributed by atoms with Crippen molar-refractivity contribution in [3.63, 3.8) is 0 Å². The van der Waals surface area contributed by atoms with Crippen molar-refractivity contribution in [1.82, 2.24) is 19.9 Å². The maximum absolute atomic E-state index is 4.77. The van der Waals surface area contributed by atoms with Crippen molar-refractivity contribution in [3.05, 3.63) is 96.5 Å². The summed E-state index contributed by atoms with van der Waals surface area (Å²) in [6, 6.07) is 16.8. The molecular formula is C26H28N4. The lowest BCUT2D eigenvalue weighted by molar-refractivity contribution is 0.157. The van der Waals surface area contributed by atoms with Crippen molar-refractivity contribution in [2.45, 2.75) is 50.9 Å². The molecule has 3 heterocycles. The number of aromatic nitrogens is 4. The Balaban J connectivity index is 2.03. The summed E-state index contributed by atoms with van der Waals surface area (Å²) < 4.78 is 0. The fraction of sp³-hybridized carbons (Fsp3) is 0.308. The standard InChI is InChI=1S/C26H28N4/c1-24(2,20-11-15-27-16-12-20)26(5,22-13-17-28-18-30-22)25(3,4)21-10-6-8-19-9-7-14-29-23(19)21/h6-18H,1-5H3. The van der Waals surface area contributed by atoms with Gasteiger partial charge in [-0.2, -0.15) is 0 Å². The number of para-hydroxylation sites is 1. The third-order valence-electron chi connectivity index (χ3n) is 7.30. The predicted octanol–water partition coefficient (Wildman–Crippen LogP) is 5.63. The summed E-state index contributed by atoms with van der Waals surface area (Å²) in [6.45, 7) is 11.5. The van der Waals surface area contributed by atoms with Gasteiger partial charge in [0.15, 0.2) is 0 Å². The first-order chi connectivity index (χ1) is 14.3. The Hall–Kier alpha value is -3.14. The number of benzene rings is 1. The van der Waals surface area contributed by atoms with E-state index in [1.165, 1.54) is 11.1 Å². The molecule has 4 aromatic rings. The molecule has 1 aromatic carbocycles. The molecule has 0 aliphatic rings. The lowest BCUT2D eigenvalue weighted by Gasteiger charge is -2.54. The van der Waals surface area contributed by atoms with E-state index < -0.39 is 0 Å². The normalized spacial score (nSPS) is 14.4. The zero-order valence-electron chi connectivity index (χ0n) is 18.3. The van der Waals surface area contributed by atoms with E-state index in [1.807, 2.05) is 36.9 Å². The SMILES string of the molecule is CC(C)(c1ccncc1)C(C)(c1ccncn1)C(C)(C)c1cccc2cccnc12. The lowest BCUT2D eigenvalue weighted by Crippen LogP contribution is -2.55. The van der Waals surface area contributed by atoms with Gasteiger partial charge < -0.3 is 0 Å². The summed E-state index contributed by atoms with van der Waals surface area (Å²) in [5.41, 5.74) is 3.54. The average Bonchev–Trinajstić information content (AvgIpc) is 2.79. The van der Waals surface area contributed by atoms with E-state index >= 15 is 0 Å². The van der Waals surface area contributed by atoms with E-state index in [4.69, 9.17) is 9.97 Å². The van der Waals surface area contributed by atoms with Gasteiger partial charge in [-0.3, -0.25) is 9.97 Å². The number of fused-ring (bicyclic) bond motifs is 1. The fourth-order valence-corrected chi connectivity index (χ4v) is 4.94. The third kappa shape index (κ3) is 2.90. The zero-order valence-corrected chi connectivity index (χ0v) is 18.3. The second-order valence-corrected chi connectivity index (χ2v) is 9.09. The van der Waals surface area contributed by atoms with Crippen LogP contribution < -0.4 is 0 Å². The number of pyridine rings is 2. The first-order valence-electron chi connectivity index (χ1n) is 10.3. The minimum absolute atomic E-state index is 0.259. The van der Waals surface area contributed by atoms with Crippen molar-refractivity contribution in [3.8, 4) is 0 Å². The zero-order chi connectivity index (χ0) is 21.4. The Bertz CT molecular complexity index is 1150. The highest BCUT2D eigenvalue weighted by molar-refractivity contribution is 5.83. The Morgan fingerprint density at radius 3 is 2.03 bits per heavy atom. The van der Waals surface area contributed by atoms with Crippen LogP contribution in [0.25, 0.3) is 10.9 Å². The lowest BCUT2D eigenvalue weighted by atomic mass is 9.48. The topological polar surface area (TPSA) is 51.6 Å². The molecule has 0 fully saturated rings. The molecule has 0 N–H and O–H groups in total. The van der Waals surface area contributed by atoms with Gasteiger partial charge in [-0.1, -0.05) is 58.9 Å². The van der Waals surface area contributed by atoms with Crippen LogP contribution in [-0.4, -0.2) is 19.9 Å². The summed E-state index contributed by atoms with van der Waals surface area (Å²) in [4.78, 5) is 18.0. The van der Waals surface area contributed by atoms with Crippen LogP contribution in [0.5, 0.6) is 0 Å². The Labute approximate surface area is 178 Å². The fourth-order valence-electron chi connectivity index (χ4n) is 4.94. The minimum Gasteiger partial charge on any atom is -0.265 e. The summed E-state index contributed by atoms with van der Waals surface area (Å²) in [5, 5.41) is 1.15. The number of hydrogen-bond acceptors (Lipinski definition) is 4. The summed E-state index contributed by atoms with van der Waals surface area (Å²) in [6.07, 6.45) is 9.08. The quantitative estimate of drug-likeness (QED) is 0.438. The number of rotatable bonds is 5. The number of nitrogens with zero attached hydrogens (tertiary/aromatic N) is 4. The summed E-state index contributed by atoms with van der Waals surface area (Å²) >= 11 is 0. The van der Waals surface area contributed by atoms with Crippen molar-refractivity contribution in [2.75, 3.05) is 0 Å². The number of hydrogen-bond donors (Lipinski definition) is 0. The van der Waals surface area contributed by atoms with Gasteiger partial charge in [0.1, 0.15) is 6.33 Å². The minimum atomic E-state index is -0.379. The van der Waals surface area contributed by atoms with Crippen LogP contribution in [0.1, 0.15) is 51.4 Å². The van der Waals surface area contributed by atoms with Crippen LogP contribution in [0.3, 0.4) is 0 Å². The molecule has 1 atom stereocenters. The van der Waals surface area contributed by atoms with Crippen molar-refractivity contribution >= 4 is 10.9 Å². The van der Waals surface area contributed by atoms with E-state index in [-0.39, 0.29) is 16.2 Å². The van der Waals surface area contributed by atoms with E-state index in [1.54, 1.807) is 6.33 Å². The second kappa shape index (κ2) is 7.28. The van der Waals surface area contributed by atoms with Gasteiger partial charge in [0.05, 0.1) is 11.2 Å². The molecule has 4 nitrogen and oxygen atoms in total. The molecule has 4 rings (SSSR count). The highest BCUT2D eigenvalue weighted by atomic mass is 14.8. The van der Waals surface area contributed by atoms with E-state index in [0.717, 1.165) is 16.6 Å². The molecule has 0 saturated heterocycles. The van der Waals surface area contributed by atoms with Gasteiger partial charge in [0.25, 0.3) is 0 Å². The van der Waals surface area contributed by atoms with Crippen LogP contribution >= 0.6 is 0 Å². The Kier molecular flexibility index (Phi) is 4.89. The van der Waals surface area contributed by atoms with Gasteiger partial charge in [-0.25, -0.2) is 9.97 Å². The average molecular weight is 397 g/mol. The van der Waals surface area contributed by atoms with E-state index in [2.05, 4.69) is 81.0 Å².